The van der Waals surface area contributed by atoms with Crippen LogP contribution in [0.4, 0.5) is 0 Å². The average Bonchev–Trinajstić information content (AvgIpc) is 2.93. The fraction of sp³-hybridized carbons (Fsp3) is 1.00. The molecule has 1 aliphatic heterocycles. The van der Waals surface area contributed by atoms with Crippen molar-refractivity contribution in [2.45, 2.75) is 51.5 Å². The van der Waals surface area contributed by atoms with Crippen molar-refractivity contribution in [3.63, 3.8) is 0 Å². The first kappa shape index (κ1) is 12.0. The van der Waals surface area contributed by atoms with Gasteiger partial charge in [0.15, 0.2) is 0 Å². The van der Waals surface area contributed by atoms with E-state index in [4.69, 9.17) is 5.73 Å². The first-order valence-electron chi connectivity index (χ1n) is 7.61. The van der Waals surface area contributed by atoms with Crippen LogP contribution < -0.4 is 5.73 Å². The smallest absolute Gasteiger partial charge is 0.0362 e. The van der Waals surface area contributed by atoms with Crippen LogP contribution in [0.2, 0.25) is 0 Å². The van der Waals surface area contributed by atoms with Gasteiger partial charge in [0, 0.05) is 18.6 Å². The quantitative estimate of drug-likeness (QED) is 0.798. The Morgan fingerprint density at radius 3 is 2.53 bits per heavy atom. The Hall–Kier alpha value is -0.0800. The van der Waals surface area contributed by atoms with Gasteiger partial charge in [-0.25, -0.2) is 0 Å². The number of hydrogen-bond acceptors (Lipinski definition) is 2. The lowest BCUT2D eigenvalue weighted by Crippen LogP contribution is -2.60. The van der Waals surface area contributed by atoms with Crippen LogP contribution in [-0.4, -0.2) is 30.1 Å². The lowest BCUT2D eigenvalue weighted by molar-refractivity contribution is -0.00432. The average molecular weight is 236 g/mol. The first-order chi connectivity index (χ1) is 8.15. The van der Waals surface area contributed by atoms with Crippen LogP contribution in [0.1, 0.15) is 46.0 Å². The van der Waals surface area contributed by atoms with Crippen LogP contribution in [0.5, 0.6) is 0 Å². The van der Waals surface area contributed by atoms with Gasteiger partial charge in [0.25, 0.3) is 0 Å². The highest BCUT2D eigenvalue weighted by atomic mass is 15.2. The van der Waals surface area contributed by atoms with Crippen molar-refractivity contribution in [2.24, 2.45) is 29.4 Å². The predicted octanol–water partition coefficient (Wildman–Crippen LogP) is 2.48. The molecule has 3 aliphatic rings. The summed E-state index contributed by atoms with van der Waals surface area (Å²) in [5, 5.41) is 0. The molecule has 0 aromatic heterocycles. The molecule has 2 nitrogen and oxygen atoms in total. The molecule has 2 heteroatoms. The molecule has 1 heterocycles. The van der Waals surface area contributed by atoms with Gasteiger partial charge in [-0.2, -0.15) is 0 Å². The monoisotopic (exact) mass is 236 g/mol. The maximum Gasteiger partial charge on any atom is 0.0362 e. The molecule has 2 saturated carbocycles. The molecule has 0 aromatic rings. The number of likely N-dealkylation sites (tertiary alicyclic amines) is 1. The van der Waals surface area contributed by atoms with Crippen molar-refractivity contribution in [1.29, 1.82) is 0 Å². The Bertz CT molecular complexity index is 291. The van der Waals surface area contributed by atoms with Crippen LogP contribution >= 0.6 is 0 Å². The van der Waals surface area contributed by atoms with E-state index in [1.807, 2.05) is 0 Å². The second kappa shape index (κ2) is 4.24. The van der Waals surface area contributed by atoms with Gasteiger partial charge in [-0.15, -0.1) is 0 Å². The Morgan fingerprint density at radius 2 is 2.00 bits per heavy atom. The highest BCUT2D eigenvalue weighted by Gasteiger charge is 2.53. The van der Waals surface area contributed by atoms with E-state index in [1.54, 1.807) is 0 Å². The highest BCUT2D eigenvalue weighted by Crippen LogP contribution is 2.53. The van der Waals surface area contributed by atoms with Crippen LogP contribution in [0.25, 0.3) is 0 Å². The summed E-state index contributed by atoms with van der Waals surface area (Å²) in [6.07, 6.45) is 7.17. The van der Waals surface area contributed by atoms with E-state index in [1.165, 1.54) is 45.2 Å². The number of fused-ring (bicyclic) bond motifs is 2. The van der Waals surface area contributed by atoms with Gasteiger partial charge in [0.2, 0.25) is 0 Å². The SMILES string of the molecule is CC1CCN(C2(CN)CC3CCC2C3)CC1C. The molecule has 0 amide bonds. The predicted molar refractivity (Wildman–Crippen MR) is 71.8 cm³/mol. The van der Waals surface area contributed by atoms with Gasteiger partial charge in [-0.05, 0) is 55.9 Å². The van der Waals surface area contributed by atoms with Gasteiger partial charge in [-0.3, -0.25) is 4.90 Å². The largest absolute Gasteiger partial charge is 0.329 e. The van der Waals surface area contributed by atoms with E-state index >= 15 is 0 Å². The van der Waals surface area contributed by atoms with Crippen molar-refractivity contribution < 1.29 is 0 Å². The Kier molecular flexibility index (Phi) is 2.99. The minimum absolute atomic E-state index is 0.400. The third-order valence-corrected chi connectivity index (χ3v) is 6.26. The summed E-state index contributed by atoms with van der Waals surface area (Å²) in [6.45, 7) is 8.33. The van der Waals surface area contributed by atoms with Gasteiger partial charge >= 0.3 is 0 Å². The molecule has 2 N–H and O–H groups in total. The zero-order valence-electron chi connectivity index (χ0n) is 11.5. The Labute approximate surface area is 106 Å². The molecule has 2 aliphatic carbocycles. The Balaban J connectivity index is 1.77. The third-order valence-electron chi connectivity index (χ3n) is 6.26. The molecular weight excluding hydrogens is 208 g/mol. The van der Waals surface area contributed by atoms with Gasteiger partial charge < -0.3 is 5.73 Å². The van der Waals surface area contributed by atoms with Crippen LogP contribution in [0.3, 0.4) is 0 Å². The summed E-state index contributed by atoms with van der Waals surface area (Å²) < 4.78 is 0. The highest BCUT2D eigenvalue weighted by molar-refractivity contribution is 5.09. The summed E-state index contributed by atoms with van der Waals surface area (Å²) in [5.41, 5.74) is 6.62. The first-order valence-corrected chi connectivity index (χ1v) is 7.61. The molecule has 3 rings (SSSR count). The number of rotatable bonds is 2. The fourth-order valence-corrected chi connectivity index (χ4v) is 4.85. The fourth-order valence-electron chi connectivity index (χ4n) is 4.85. The number of hydrogen-bond donors (Lipinski definition) is 1. The van der Waals surface area contributed by atoms with Crippen molar-refractivity contribution in [3.8, 4) is 0 Å². The Morgan fingerprint density at radius 1 is 1.18 bits per heavy atom. The van der Waals surface area contributed by atoms with Crippen molar-refractivity contribution >= 4 is 0 Å². The normalized spacial score (nSPS) is 51.0. The molecule has 0 spiro atoms. The summed E-state index contributed by atoms with van der Waals surface area (Å²) in [4.78, 5) is 2.79. The second-order valence-electron chi connectivity index (χ2n) is 7.08. The lowest BCUT2D eigenvalue weighted by Gasteiger charge is -2.50. The molecule has 0 aromatic carbocycles. The number of nitrogens with zero attached hydrogens (tertiary/aromatic N) is 1. The minimum Gasteiger partial charge on any atom is -0.329 e. The van der Waals surface area contributed by atoms with E-state index in [-0.39, 0.29) is 0 Å². The summed E-state index contributed by atoms with van der Waals surface area (Å²) in [6, 6.07) is 0. The van der Waals surface area contributed by atoms with E-state index < -0.39 is 0 Å². The summed E-state index contributed by atoms with van der Waals surface area (Å²) in [5.74, 6) is 3.67. The zero-order valence-corrected chi connectivity index (χ0v) is 11.5. The number of piperidine rings is 1. The van der Waals surface area contributed by atoms with E-state index in [0.717, 1.165) is 30.2 Å². The van der Waals surface area contributed by atoms with Crippen molar-refractivity contribution in [3.05, 3.63) is 0 Å². The van der Waals surface area contributed by atoms with E-state index in [2.05, 4.69) is 18.7 Å². The molecule has 0 radical (unpaired) electrons. The standard InChI is InChI=1S/C15H28N2/c1-11-5-6-17(9-12(11)2)15(10-16)8-13-3-4-14(15)7-13/h11-14H,3-10,16H2,1-2H3. The number of nitrogens with two attached hydrogens (primary N) is 1. The van der Waals surface area contributed by atoms with Gasteiger partial charge in [0.05, 0.1) is 0 Å². The van der Waals surface area contributed by atoms with Crippen molar-refractivity contribution in [2.75, 3.05) is 19.6 Å². The third kappa shape index (κ3) is 1.76. The van der Waals surface area contributed by atoms with Crippen molar-refractivity contribution in [1.82, 2.24) is 4.90 Å². The van der Waals surface area contributed by atoms with E-state index in [0.29, 0.717) is 5.54 Å². The minimum atomic E-state index is 0.400. The lowest BCUT2D eigenvalue weighted by atomic mass is 9.76. The molecule has 3 fully saturated rings. The maximum absolute atomic E-state index is 6.22. The topological polar surface area (TPSA) is 29.3 Å². The second-order valence-corrected chi connectivity index (χ2v) is 7.08. The van der Waals surface area contributed by atoms with Crippen LogP contribution in [-0.2, 0) is 0 Å². The summed E-state index contributed by atoms with van der Waals surface area (Å²) >= 11 is 0. The molecular formula is C15H28N2. The molecule has 1 saturated heterocycles. The van der Waals surface area contributed by atoms with Gasteiger partial charge in [0.1, 0.15) is 0 Å². The van der Waals surface area contributed by atoms with Gasteiger partial charge in [-0.1, -0.05) is 20.3 Å². The van der Waals surface area contributed by atoms with E-state index in [9.17, 15) is 0 Å². The molecule has 5 unspecified atom stereocenters. The van der Waals surface area contributed by atoms with Crippen LogP contribution in [0.15, 0.2) is 0 Å². The molecule has 98 valence electrons. The zero-order chi connectivity index (χ0) is 12.0. The molecule has 2 bridgehead atoms. The summed E-state index contributed by atoms with van der Waals surface area (Å²) in [7, 11) is 0. The maximum atomic E-state index is 6.22. The van der Waals surface area contributed by atoms with Crippen LogP contribution in [0, 0.1) is 23.7 Å². The molecule has 5 atom stereocenters. The molecule has 17 heavy (non-hydrogen) atoms.